The van der Waals surface area contributed by atoms with E-state index in [1.54, 1.807) is 6.07 Å². The molecule has 2 unspecified atom stereocenters. The SMILES string of the molecule is NC1(C(=O)O)CCN(CC2Cc3cc(F)ccc3O2)C1. The predicted octanol–water partition coefficient (Wildman–Crippen LogP) is 0.617. The fraction of sp³-hybridized carbons (Fsp3) is 0.500. The van der Waals surface area contributed by atoms with Gasteiger partial charge in [0.25, 0.3) is 0 Å². The topological polar surface area (TPSA) is 75.8 Å². The standard InChI is InChI=1S/C14H17FN2O3/c15-10-1-2-12-9(5-10)6-11(20-12)7-17-4-3-14(16,8-17)13(18)19/h1-2,5,11H,3-4,6-8,16H2,(H,18,19). The minimum Gasteiger partial charge on any atom is -0.488 e. The summed E-state index contributed by atoms with van der Waals surface area (Å²) in [7, 11) is 0. The fourth-order valence-electron chi connectivity index (χ4n) is 2.92. The van der Waals surface area contributed by atoms with E-state index >= 15 is 0 Å². The van der Waals surface area contributed by atoms with Crippen LogP contribution in [0, 0.1) is 5.82 Å². The number of nitrogens with zero attached hydrogens (tertiary/aromatic N) is 1. The van der Waals surface area contributed by atoms with Crippen LogP contribution in [0.25, 0.3) is 0 Å². The van der Waals surface area contributed by atoms with Crippen molar-refractivity contribution in [2.24, 2.45) is 5.73 Å². The number of rotatable bonds is 3. The molecule has 6 heteroatoms. The van der Waals surface area contributed by atoms with Crippen LogP contribution in [-0.4, -0.2) is 47.3 Å². The van der Waals surface area contributed by atoms with Crippen molar-refractivity contribution in [3.8, 4) is 5.75 Å². The molecule has 0 saturated carbocycles. The van der Waals surface area contributed by atoms with E-state index in [-0.39, 0.29) is 11.9 Å². The van der Waals surface area contributed by atoms with Crippen LogP contribution in [0.4, 0.5) is 4.39 Å². The summed E-state index contributed by atoms with van der Waals surface area (Å²) in [5.41, 5.74) is 5.55. The predicted molar refractivity (Wildman–Crippen MR) is 70.1 cm³/mol. The number of benzene rings is 1. The van der Waals surface area contributed by atoms with Gasteiger partial charge in [0.05, 0.1) is 0 Å². The Balaban J connectivity index is 1.61. The lowest BCUT2D eigenvalue weighted by atomic mass is 10.0. The Morgan fingerprint density at radius 2 is 2.40 bits per heavy atom. The normalized spacial score (nSPS) is 29.2. The maximum absolute atomic E-state index is 13.1. The molecule has 0 aromatic heterocycles. The first-order valence-corrected chi connectivity index (χ1v) is 6.66. The zero-order chi connectivity index (χ0) is 14.3. The van der Waals surface area contributed by atoms with Gasteiger partial charge in [0.15, 0.2) is 0 Å². The largest absolute Gasteiger partial charge is 0.488 e. The molecular weight excluding hydrogens is 263 g/mol. The Morgan fingerprint density at radius 1 is 1.60 bits per heavy atom. The third-order valence-corrected chi connectivity index (χ3v) is 4.03. The molecule has 2 aliphatic rings. The third kappa shape index (κ3) is 2.36. The van der Waals surface area contributed by atoms with E-state index in [2.05, 4.69) is 0 Å². The van der Waals surface area contributed by atoms with Crippen molar-refractivity contribution in [1.29, 1.82) is 0 Å². The van der Waals surface area contributed by atoms with E-state index in [9.17, 15) is 9.18 Å². The number of carbonyl (C=O) groups is 1. The monoisotopic (exact) mass is 280 g/mol. The first-order chi connectivity index (χ1) is 9.46. The lowest BCUT2D eigenvalue weighted by molar-refractivity contribution is -0.142. The summed E-state index contributed by atoms with van der Waals surface area (Å²) in [5.74, 6) is -0.508. The molecule has 1 fully saturated rings. The molecular formula is C14H17FN2O3. The van der Waals surface area contributed by atoms with Crippen LogP contribution >= 0.6 is 0 Å². The lowest BCUT2D eigenvalue weighted by Crippen LogP contribution is -2.50. The van der Waals surface area contributed by atoms with Crippen molar-refractivity contribution in [1.82, 2.24) is 4.90 Å². The van der Waals surface area contributed by atoms with Crippen LogP contribution in [0.1, 0.15) is 12.0 Å². The number of nitrogens with two attached hydrogens (primary N) is 1. The van der Waals surface area contributed by atoms with E-state index in [0.29, 0.717) is 38.2 Å². The maximum atomic E-state index is 13.1. The van der Waals surface area contributed by atoms with Crippen LogP contribution in [-0.2, 0) is 11.2 Å². The fourth-order valence-corrected chi connectivity index (χ4v) is 2.92. The quantitative estimate of drug-likeness (QED) is 0.848. The third-order valence-electron chi connectivity index (χ3n) is 4.03. The molecule has 3 N–H and O–H groups in total. The minimum absolute atomic E-state index is 0.0667. The maximum Gasteiger partial charge on any atom is 0.325 e. The number of carboxylic acids is 1. The van der Waals surface area contributed by atoms with E-state index in [0.717, 1.165) is 5.56 Å². The van der Waals surface area contributed by atoms with Crippen LogP contribution < -0.4 is 10.5 Å². The molecule has 2 heterocycles. The Bertz CT molecular complexity index is 551. The van der Waals surface area contributed by atoms with Crippen molar-refractivity contribution >= 4 is 5.97 Å². The molecule has 0 spiro atoms. The van der Waals surface area contributed by atoms with Gasteiger partial charge in [-0.2, -0.15) is 0 Å². The zero-order valence-electron chi connectivity index (χ0n) is 11.0. The van der Waals surface area contributed by atoms with Gasteiger partial charge < -0.3 is 15.6 Å². The highest BCUT2D eigenvalue weighted by Crippen LogP contribution is 2.30. The Labute approximate surface area is 116 Å². The second kappa shape index (κ2) is 4.71. The van der Waals surface area contributed by atoms with Gasteiger partial charge in [-0.25, -0.2) is 4.39 Å². The highest BCUT2D eigenvalue weighted by atomic mass is 19.1. The van der Waals surface area contributed by atoms with Crippen LogP contribution in [0.5, 0.6) is 5.75 Å². The van der Waals surface area contributed by atoms with Gasteiger partial charge >= 0.3 is 5.97 Å². The summed E-state index contributed by atoms with van der Waals surface area (Å²) < 4.78 is 18.9. The molecule has 1 saturated heterocycles. The molecule has 1 aromatic rings. The second-order valence-corrected chi connectivity index (χ2v) is 5.64. The van der Waals surface area contributed by atoms with Crippen LogP contribution in [0.2, 0.25) is 0 Å². The molecule has 0 amide bonds. The smallest absolute Gasteiger partial charge is 0.325 e. The number of likely N-dealkylation sites (tertiary alicyclic amines) is 1. The summed E-state index contributed by atoms with van der Waals surface area (Å²) in [6.07, 6.45) is 1.02. The molecule has 5 nitrogen and oxygen atoms in total. The van der Waals surface area contributed by atoms with Crippen LogP contribution in [0.15, 0.2) is 18.2 Å². The van der Waals surface area contributed by atoms with E-state index in [1.807, 2.05) is 4.90 Å². The molecule has 0 bridgehead atoms. The van der Waals surface area contributed by atoms with E-state index in [1.165, 1.54) is 12.1 Å². The summed E-state index contributed by atoms with van der Waals surface area (Å²) in [5, 5.41) is 9.10. The highest BCUT2D eigenvalue weighted by Gasteiger charge is 2.42. The van der Waals surface area contributed by atoms with Gasteiger partial charge in [-0.05, 0) is 24.6 Å². The highest BCUT2D eigenvalue weighted by molar-refractivity contribution is 5.79. The second-order valence-electron chi connectivity index (χ2n) is 5.64. The van der Waals surface area contributed by atoms with Crippen molar-refractivity contribution in [2.75, 3.05) is 19.6 Å². The average molecular weight is 280 g/mol. The number of carboxylic acid groups (broad SMARTS) is 1. The summed E-state index contributed by atoms with van der Waals surface area (Å²) in [4.78, 5) is 13.1. The van der Waals surface area contributed by atoms with Gasteiger partial charge in [0.2, 0.25) is 0 Å². The number of halogens is 1. The van der Waals surface area contributed by atoms with Crippen molar-refractivity contribution < 1.29 is 19.0 Å². The first kappa shape index (κ1) is 13.3. The minimum atomic E-state index is -1.16. The number of hydrogen-bond acceptors (Lipinski definition) is 4. The molecule has 3 rings (SSSR count). The average Bonchev–Trinajstić information content (AvgIpc) is 2.93. The van der Waals surface area contributed by atoms with Gasteiger partial charge in [-0.15, -0.1) is 0 Å². The Morgan fingerprint density at radius 3 is 3.10 bits per heavy atom. The number of ether oxygens (including phenoxy) is 1. The van der Waals surface area contributed by atoms with Gasteiger partial charge in [-0.3, -0.25) is 9.69 Å². The Kier molecular flexibility index (Phi) is 3.14. The lowest BCUT2D eigenvalue weighted by Gasteiger charge is -2.22. The van der Waals surface area contributed by atoms with Gasteiger partial charge in [0.1, 0.15) is 23.2 Å². The summed E-state index contributed by atoms with van der Waals surface area (Å²) in [6.45, 7) is 1.59. The van der Waals surface area contributed by atoms with Crippen molar-refractivity contribution in [2.45, 2.75) is 24.5 Å². The number of hydrogen-bond donors (Lipinski definition) is 2. The molecule has 1 aromatic carbocycles. The first-order valence-electron chi connectivity index (χ1n) is 6.66. The van der Waals surface area contributed by atoms with E-state index < -0.39 is 11.5 Å². The number of aliphatic carboxylic acids is 1. The zero-order valence-corrected chi connectivity index (χ0v) is 11.0. The van der Waals surface area contributed by atoms with Crippen molar-refractivity contribution in [3.63, 3.8) is 0 Å². The molecule has 2 atom stereocenters. The molecule has 0 radical (unpaired) electrons. The van der Waals surface area contributed by atoms with E-state index in [4.69, 9.17) is 15.6 Å². The van der Waals surface area contributed by atoms with Gasteiger partial charge in [-0.1, -0.05) is 0 Å². The molecule has 0 aliphatic carbocycles. The van der Waals surface area contributed by atoms with Crippen LogP contribution in [0.3, 0.4) is 0 Å². The summed E-state index contributed by atoms with van der Waals surface area (Å²) >= 11 is 0. The Hall–Kier alpha value is -1.66. The molecule has 2 aliphatic heterocycles. The molecule has 20 heavy (non-hydrogen) atoms. The molecule has 108 valence electrons. The van der Waals surface area contributed by atoms with Crippen molar-refractivity contribution in [3.05, 3.63) is 29.6 Å². The number of fused-ring (bicyclic) bond motifs is 1. The van der Waals surface area contributed by atoms with Gasteiger partial charge in [0, 0.05) is 31.6 Å². The summed E-state index contributed by atoms with van der Waals surface area (Å²) in [6, 6.07) is 4.51.